The van der Waals surface area contributed by atoms with E-state index in [9.17, 15) is 9.59 Å². The summed E-state index contributed by atoms with van der Waals surface area (Å²) in [5.74, 6) is -0.0371. The van der Waals surface area contributed by atoms with Gasteiger partial charge < -0.3 is 14.5 Å². The average Bonchev–Trinajstić information content (AvgIpc) is 3.36. The van der Waals surface area contributed by atoms with Gasteiger partial charge in [0.15, 0.2) is 5.69 Å². The summed E-state index contributed by atoms with van der Waals surface area (Å²) in [6.45, 7) is 8.12. The lowest BCUT2D eigenvalue weighted by Gasteiger charge is -2.25. The number of hydrogen-bond acceptors (Lipinski definition) is 7. The number of nitrogens with zero attached hydrogens (tertiary/aromatic N) is 4. The van der Waals surface area contributed by atoms with Gasteiger partial charge in [0.25, 0.3) is 5.91 Å². The molecule has 1 fully saturated rings. The number of rotatable bonds is 6. The molecule has 1 amide bonds. The van der Waals surface area contributed by atoms with Gasteiger partial charge in [0.05, 0.1) is 13.2 Å². The molecule has 0 spiro atoms. The number of hydrogen-bond donors (Lipinski definition) is 0. The number of aromatic nitrogens is 2. The van der Waals surface area contributed by atoms with Crippen LogP contribution in [0.1, 0.15) is 64.3 Å². The van der Waals surface area contributed by atoms with Gasteiger partial charge in [-0.2, -0.15) is 0 Å². The quantitative estimate of drug-likeness (QED) is 0.689. The zero-order chi connectivity index (χ0) is 20.3. The van der Waals surface area contributed by atoms with Crippen molar-refractivity contribution in [2.24, 2.45) is 0 Å². The second-order valence-electron chi connectivity index (χ2n) is 6.75. The van der Waals surface area contributed by atoms with Crippen LogP contribution >= 0.6 is 11.3 Å². The van der Waals surface area contributed by atoms with Crippen LogP contribution < -0.4 is 4.90 Å². The molecule has 0 saturated carbocycles. The minimum absolute atomic E-state index is 0.0159. The summed E-state index contributed by atoms with van der Waals surface area (Å²) in [7, 11) is 1.32. The molecule has 7 nitrogen and oxygen atoms in total. The lowest BCUT2D eigenvalue weighted by atomic mass is 10.1. The molecule has 1 unspecified atom stereocenters. The summed E-state index contributed by atoms with van der Waals surface area (Å²) >= 11 is 1.59. The van der Waals surface area contributed by atoms with Crippen LogP contribution in [0.4, 0.5) is 5.82 Å². The number of anilines is 1. The number of amides is 1. The first kappa shape index (κ1) is 20.3. The maximum Gasteiger partial charge on any atom is 0.356 e. The predicted molar refractivity (Wildman–Crippen MR) is 109 cm³/mol. The Balaban J connectivity index is 1.97. The van der Waals surface area contributed by atoms with Crippen molar-refractivity contribution in [3.05, 3.63) is 39.5 Å². The Labute approximate surface area is 169 Å². The fourth-order valence-electron chi connectivity index (χ4n) is 3.52. The van der Waals surface area contributed by atoms with Crippen LogP contribution in [-0.4, -0.2) is 53.5 Å². The molecule has 1 aliphatic heterocycles. The highest BCUT2D eigenvalue weighted by Gasteiger charge is 2.33. The standard InChI is InChI=1S/C20H26N4O3S/c1-5-23(6-2)17-11-14(10-15(22-17)20(26)27-4)19(25)24-9-7-8-16(24)18-21-13(3)12-28-18/h10-12,16H,5-9H2,1-4H3. The van der Waals surface area contributed by atoms with E-state index in [2.05, 4.69) is 9.97 Å². The molecule has 0 N–H and O–H groups in total. The lowest BCUT2D eigenvalue weighted by molar-refractivity contribution is 0.0594. The van der Waals surface area contributed by atoms with Crippen molar-refractivity contribution in [3.63, 3.8) is 0 Å². The van der Waals surface area contributed by atoms with Crippen LogP contribution in [0.2, 0.25) is 0 Å². The summed E-state index contributed by atoms with van der Waals surface area (Å²) in [6, 6.07) is 3.28. The van der Waals surface area contributed by atoms with Gasteiger partial charge in [-0.1, -0.05) is 0 Å². The molecule has 3 rings (SSSR count). The largest absolute Gasteiger partial charge is 0.464 e. The van der Waals surface area contributed by atoms with E-state index >= 15 is 0 Å². The van der Waals surface area contributed by atoms with Crippen LogP contribution in [0, 0.1) is 6.92 Å². The number of carbonyl (C=O) groups is 2. The van der Waals surface area contributed by atoms with Gasteiger partial charge in [-0.15, -0.1) is 11.3 Å². The first-order chi connectivity index (χ1) is 13.5. The van der Waals surface area contributed by atoms with Crippen molar-refractivity contribution in [1.29, 1.82) is 0 Å². The van der Waals surface area contributed by atoms with E-state index in [1.165, 1.54) is 13.2 Å². The molecular formula is C20H26N4O3S. The van der Waals surface area contributed by atoms with Crippen LogP contribution in [-0.2, 0) is 4.74 Å². The number of ether oxygens (including phenoxy) is 1. The zero-order valence-corrected chi connectivity index (χ0v) is 17.6. The fraction of sp³-hybridized carbons (Fsp3) is 0.500. The second-order valence-corrected chi connectivity index (χ2v) is 7.64. The highest BCUT2D eigenvalue weighted by molar-refractivity contribution is 7.09. The third kappa shape index (κ3) is 4.01. The van der Waals surface area contributed by atoms with Gasteiger partial charge in [-0.25, -0.2) is 14.8 Å². The monoisotopic (exact) mass is 402 g/mol. The Morgan fingerprint density at radius 2 is 2.04 bits per heavy atom. The number of aryl methyl sites for hydroxylation is 1. The van der Waals surface area contributed by atoms with Crippen molar-refractivity contribution in [2.75, 3.05) is 31.6 Å². The molecule has 2 aromatic heterocycles. The molecule has 1 atom stereocenters. The molecule has 0 aliphatic carbocycles. The average molecular weight is 403 g/mol. The van der Waals surface area contributed by atoms with Crippen LogP contribution in [0.15, 0.2) is 17.5 Å². The maximum absolute atomic E-state index is 13.4. The smallest absolute Gasteiger partial charge is 0.356 e. The lowest BCUT2D eigenvalue weighted by Crippen LogP contribution is -2.31. The molecule has 0 radical (unpaired) electrons. The number of likely N-dealkylation sites (tertiary alicyclic amines) is 1. The molecule has 28 heavy (non-hydrogen) atoms. The van der Waals surface area contributed by atoms with E-state index in [0.717, 1.165) is 36.6 Å². The fourth-order valence-corrected chi connectivity index (χ4v) is 4.46. The SMILES string of the molecule is CCN(CC)c1cc(C(=O)N2CCCC2c2nc(C)cs2)cc(C(=O)OC)n1. The molecule has 1 aliphatic rings. The van der Waals surface area contributed by atoms with Crippen molar-refractivity contribution in [3.8, 4) is 0 Å². The number of thiazole rings is 1. The second kappa shape index (κ2) is 8.68. The van der Waals surface area contributed by atoms with E-state index < -0.39 is 5.97 Å². The Bertz CT molecular complexity index is 863. The Morgan fingerprint density at radius 1 is 1.29 bits per heavy atom. The van der Waals surface area contributed by atoms with Gasteiger partial charge in [0.2, 0.25) is 0 Å². The van der Waals surface area contributed by atoms with Gasteiger partial charge in [0.1, 0.15) is 10.8 Å². The molecule has 3 heterocycles. The summed E-state index contributed by atoms with van der Waals surface area (Å²) in [5.41, 5.74) is 1.58. The highest BCUT2D eigenvalue weighted by Crippen LogP contribution is 2.35. The topological polar surface area (TPSA) is 75.6 Å². The number of methoxy groups -OCH3 is 1. The maximum atomic E-state index is 13.4. The molecule has 2 aromatic rings. The Morgan fingerprint density at radius 3 is 2.64 bits per heavy atom. The van der Waals surface area contributed by atoms with Crippen LogP contribution in [0.25, 0.3) is 0 Å². The van der Waals surface area contributed by atoms with E-state index in [0.29, 0.717) is 17.9 Å². The number of carbonyl (C=O) groups excluding carboxylic acids is 2. The summed E-state index contributed by atoms with van der Waals surface area (Å²) in [4.78, 5) is 38.3. The van der Waals surface area contributed by atoms with E-state index in [1.807, 2.05) is 36.0 Å². The molecule has 150 valence electrons. The number of pyridine rings is 1. The Kier molecular flexibility index (Phi) is 6.28. The van der Waals surface area contributed by atoms with Gasteiger partial charge >= 0.3 is 5.97 Å². The van der Waals surface area contributed by atoms with Gasteiger partial charge in [-0.3, -0.25) is 4.79 Å². The molecule has 8 heteroatoms. The van der Waals surface area contributed by atoms with E-state index in [1.54, 1.807) is 17.4 Å². The van der Waals surface area contributed by atoms with Crippen molar-refractivity contribution < 1.29 is 14.3 Å². The number of esters is 1. The van der Waals surface area contributed by atoms with Crippen LogP contribution in [0.5, 0.6) is 0 Å². The normalized spacial score (nSPS) is 16.3. The summed E-state index contributed by atoms with van der Waals surface area (Å²) in [6.07, 6.45) is 1.84. The van der Waals surface area contributed by atoms with Gasteiger partial charge in [0, 0.05) is 36.3 Å². The van der Waals surface area contributed by atoms with Gasteiger partial charge in [-0.05, 0) is 45.7 Å². The first-order valence-corrected chi connectivity index (χ1v) is 10.4. The minimum atomic E-state index is -0.545. The highest BCUT2D eigenvalue weighted by atomic mass is 32.1. The molecule has 1 saturated heterocycles. The Hall–Kier alpha value is -2.48. The third-order valence-corrected chi connectivity index (χ3v) is 6.04. The van der Waals surface area contributed by atoms with Crippen LogP contribution in [0.3, 0.4) is 0 Å². The first-order valence-electron chi connectivity index (χ1n) is 9.56. The predicted octanol–water partition coefficient (Wildman–Crippen LogP) is 3.46. The third-order valence-electron chi connectivity index (χ3n) is 4.98. The van der Waals surface area contributed by atoms with Crippen molar-refractivity contribution in [2.45, 2.75) is 39.7 Å². The summed E-state index contributed by atoms with van der Waals surface area (Å²) in [5, 5.41) is 2.98. The van der Waals surface area contributed by atoms with Crippen molar-refractivity contribution >= 4 is 29.0 Å². The molecule has 0 bridgehead atoms. The summed E-state index contributed by atoms with van der Waals surface area (Å²) < 4.78 is 4.84. The van der Waals surface area contributed by atoms with E-state index in [-0.39, 0.29) is 17.6 Å². The van der Waals surface area contributed by atoms with Crippen molar-refractivity contribution in [1.82, 2.24) is 14.9 Å². The van der Waals surface area contributed by atoms with E-state index in [4.69, 9.17) is 4.74 Å². The zero-order valence-electron chi connectivity index (χ0n) is 16.8. The minimum Gasteiger partial charge on any atom is -0.464 e. The molecule has 0 aromatic carbocycles. The molecular weight excluding hydrogens is 376 g/mol.